The first-order valence-electron chi connectivity index (χ1n) is 4.13. The van der Waals surface area contributed by atoms with Crippen LogP contribution in [0.2, 0.25) is 0 Å². The molecule has 0 aliphatic carbocycles. The van der Waals surface area contributed by atoms with Gasteiger partial charge in [-0.15, -0.1) is 0 Å². The molecule has 0 bridgehead atoms. The highest BCUT2D eigenvalue weighted by Crippen LogP contribution is 2.26. The van der Waals surface area contributed by atoms with E-state index in [9.17, 15) is 4.79 Å². The van der Waals surface area contributed by atoms with Crippen molar-refractivity contribution in [1.29, 1.82) is 0 Å². The second kappa shape index (κ2) is 5.02. The molecule has 0 saturated heterocycles. The molecule has 0 unspecified atom stereocenters. The molecule has 1 aromatic carbocycles. The Hall–Kier alpha value is -0.830. The van der Waals surface area contributed by atoms with Gasteiger partial charge >= 0.3 is 0 Å². The monoisotopic (exact) mass is 242 g/mol. The fourth-order valence-electron chi connectivity index (χ4n) is 1.11. The van der Waals surface area contributed by atoms with E-state index in [0.717, 1.165) is 22.1 Å². The summed E-state index contributed by atoms with van der Waals surface area (Å²) in [5.74, 6) is 0.781. The zero-order valence-corrected chi connectivity index (χ0v) is 9.00. The normalized spacial score (nSPS) is 9.69. The summed E-state index contributed by atoms with van der Waals surface area (Å²) in [7, 11) is 0. The molecule has 0 atom stereocenters. The van der Waals surface area contributed by atoms with Crippen molar-refractivity contribution in [1.82, 2.24) is 0 Å². The van der Waals surface area contributed by atoms with Gasteiger partial charge < -0.3 is 9.53 Å². The molecule has 0 N–H and O–H groups in total. The first kappa shape index (κ1) is 10.3. The molecule has 0 fully saturated rings. The number of halogens is 1. The maximum Gasteiger partial charge on any atom is 0.124 e. The average Bonchev–Trinajstić information content (AvgIpc) is 2.11. The van der Waals surface area contributed by atoms with Crippen molar-refractivity contribution in [2.24, 2.45) is 0 Å². The van der Waals surface area contributed by atoms with E-state index in [-0.39, 0.29) is 0 Å². The van der Waals surface area contributed by atoms with E-state index in [1.54, 1.807) is 0 Å². The predicted octanol–water partition coefficient (Wildman–Crippen LogP) is 2.59. The van der Waals surface area contributed by atoms with Gasteiger partial charge in [-0.1, -0.05) is 22.0 Å². The summed E-state index contributed by atoms with van der Waals surface area (Å²) in [4.78, 5) is 10.4. The van der Waals surface area contributed by atoms with Gasteiger partial charge in [-0.2, -0.15) is 0 Å². The first-order valence-corrected chi connectivity index (χ1v) is 4.92. The fraction of sp³-hybridized carbons (Fsp3) is 0.300. The number of ether oxygens (including phenoxy) is 1. The van der Waals surface area contributed by atoms with Crippen molar-refractivity contribution in [3.63, 3.8) is 0 Å². The van der Waals surface area contributed by atoms with Gasteiger partial charge in [-0.05, 0) is 19.1 Å². The van der Waals surface area contributed by atoms with Crippen LogP contribution in [0.5, 0.6) is 5.75 Å². The number of aldehydes is 1. The molecule has 13 heavy (non-hydrogen) atoms. The Morgan fingerprint density at radius 1 is 1.54 bits per heavy atom. The summed E-state index contributed by atoms with van der Waals surface area (Å²) in [5, 5.41) is 0. The summed E-state index contributed by atoms with van der Waals surface area (Å²) in [5.41, 5.74) is 0.916. The third-order valence-electron chi connectivity index (χ3n) is 1.66. The first-order chi connectivity index (χ1) is 6.29. The van der Waals surface area contributed by atoms with Gasteiger partial charge in [0.15, 0.2) is 0 Å². The Kier molecular flexibility index (Phi) is 3.96. The Bertz CT molecular complexity index is 297. The molecular weight excluding hydrogens is 232 g/mol. The smallest absolute Gasteiger partial charge is 0.124 e. The van der Waals surface area contributed by atoms with Crippen LogP contribution in [0.4, 0.5) is 0 Å². The largest absolute Gasteiger partial charge is 0.494 e. The van der Waals surface area contributed by atoms with Gasteiger partial charge in [-0.3, -0.25) is 0 Å². The van der Waals surface area contributed by atoms with E-state index in [1.807, 2.05) is 25.1 Å². The van der Waals surface area contributed by atoms with Gasteiger partial charge in [0, 0.05) is 16.5 Å². The third-order valence-corrected chi connectivity index (χ3v) is 2.41. The number of benzene rings is 1. The van der Waals surface area contributed by atoms with Crippen LogP contribution in [-0.4, -0.2) is 12.9 Å². The Labute approximate surface area is 86.0 Å². The highest BCUT2D eigenvalue weighted by molar-refractivity contribution is 9.10. The Morgan fingerprint density at radius 3 is 2.92 bits per heavy atom. The second-order valence-corrected chi connectivity index (χ2v) is 3.37. The summed E-state index contributed by atoms with van der Waals surface area (Å²) in [6.45, 7) is 2.54. The van der Waals surface area contributed by atoms with Gasteiger partial charge in [0.2, 0.25) is 0 Å². The lowest BCUT2D eigenvalue weighted by molar-refractivity contribution is -0.107. The molecular formula is C10H11BrO2. The maximum atomic E-state index is 10.4. The third kappa shape index (κ3) is 2.56. The molecule has 0 radical (unpaired) electrons. The molecule has 0 spiro atoms. The highest BCUT2D eigenvalue weighted by Gasteiger charge is 2.05. The van der Waals surface area contributed by atoms with E-state index in [0.29, 0.717) is 13.0 Å². The highest BCUT2D eigenvalue weighted by atomic mass is 79.9. The van der Waals surface area contributed by atoms with Crippen molar-refractivity contribution < 1.29 is 9.53 Å². The van der Waals surface area contributed by atoms with Gasteiger partial charge in [-0.25, -0.2) is 0 Å². The van der Waals surface area contributed by atoms with Crippen LogP contribution < -0.4 is 4.74 Å². The van der Waals surface area contributed by atoms with Crippen molar-refractivity contribution in [2.45, 2.75) is 13.3 Å². The minimum atomic E-state index is 0.386. The summed E-state index contributed by atoms with van der Waals surface area (Å²) in [6.07, 6.45) is 1.26. The lowest BCUT2D eigenvalue weighted by Gasteiger charge is -2.09. The van der Waals surface area contributed by atoms with Crippen molar-refractivity contribution >= 4 is 22.2 Å². The van der Waals surface area contributed by atoms with E-state index in [4.69, 9.17) is 4.74 Å². The van der Waals surface area contributed by atoms with Gasteiger partial charge in [0.25, 0.3) is 0 Å². The predicted molar refractivity (Wildman–Crippen MR) is 55.1 cm³/mol. The Morgan fingerprint density at radius 2 is 2.31 bits per heavy atom. The minimum absolute atomic E-state index is 0.386. The molecule has 0 aliphatic rings. The molecule has 70 valence electrons. The van der Waals surface area contributed by atoms with Crippen LogP contribution in [-0.2, 0) is 11.2 Å². The van der Waals surface area contributed by atoms with Crippen LogP contribution in [0.3, 0.4) is 0 Å². The molecule has 0 amide bonds. The quantitative estimate of drug-likeness (QED) is 0.759. The van der Waals surface area contributed by atoms with Crippen LogP contribution in [0, 0.1) is 0 Å². The lowest BCUT2D eigenvalue weighted by Crippen LogP contribution is -1.98. The number of hydrogen-bond donors (Lipinski definition) is 0. The molecule has 0 saturated carbocycles. The summed E-state index contributed by atoms with van der Waals surface area (Å²) >= 11 is 3.38. The zero-order valence-electron chi connectivity index (χ0n) is 7.42. The molecule has 1 aromatic rings. The summed E-state index contributed by atoms with van der Waals surface area (Å²) < 4.78 is 6.30. The topological polar surface area (TPSA) is 26.3 Å². The SMILES string of the molecule is CCOc1cccc(Br)c1CC=O. The van der Waals surface area contributed by atoms with E-state index in [1.165, 1.54) is 0 Å². The van der Waals surface area contributed by atoms with E-state index >= 15 is 0 Å². The van der Waals surface area contributed by atoms with Crippen molar-refractivity contribution in [3.05, 3.63) is 28.2 Å². The standard InChI is InChI=1S/C10H11BrO2/c1-2-13-10-5-3-4-9(11)8(10)6-7-12/h3-5,7H,2,6H2,1H3. The maximum absolute atomic E-state index is 10.4. The van der Waals surface area contributed by atoms with Gasteiger partial charge in [0.1, 0.15) is 12.0 Å². The summed E-state index contributed by atoms with van der Waals surface area (Å²) in [6, 6.07) is 5.66. The van der Waals surface area contributed by atoms with Crippen molar-refractivity contribution in [3.8, 4) is 5.75 Å². The molecule has 3 heteroatoms. The van der Waals surface area contributed by atoms with E-state index in [2.05, 4.69) is 15.9 Å². The van der Waals surface area contributed by atoms with E-state index < -0.39 is 0 Å². The fourth-order valence-corrected chi connectivity index (χ4v) is 1.62. The second-order valence-electron chi connectivity index (χ2n) is 2.52. The number of carbonyl (C=O) groups excluding carboxylic acids is 1. The minimum Gasteiger partial charge on any atom is -0.494 e. The molecule has 0 aromatic heterocycles. The lowest BCUT2D eigenvalue weighted by atomic mass is 10.1. The van der Waals surface area contributed by atoms with Crippen LogP contribution in [0.1, 0.15) is 12.5 Å². The Balaban J connectivity index is 3.01. The molecule has 0 aliphatic heterocycles. The van der Waals surface area contributed by atoms with Crippen LogP contribution in [0.25, 0.3) is 0 Å². The molecule has 2 nitrogen and oxygen atoms in total. The van der Waals surface area contributed by atoms with Crippen LogP contribution >= 0.6 is 15.9 Å². The number of hydrogen-bond acceptors (Lipinski definition) is 2. The molecule has 1 rings (SSSR count). The zero-order chi connectivity index (χ0) is 9.68. The number of rotatable bonds is 4. The van der Waals surface area contributed by atoms with Crippen molar-refractivity contribution in [2.75, 3.05) is 6.61 Å². The van der Waals surface area contributed by atoms with Gasteiger partial charge in [0.05, 0.1) is 6.61 Å². The average molecular weight is 243 g/mol. The number of carbonyl (C=O) groups is 1. The molecule has 0 heterocycles. The van der Waals surface area contributed by atoms with Crippen LogP contribution in [0.15, 0.2) is 22.7 Å².